The molecule has 1 heterocycles. The number of halogens is 1. The summed E-state index contributed by atoms with van der Waals surface area (Å²) in [6, 6.07) is 21.3. The summed E-state index contributed by atoms with van der Waals surface area (Å²) in [6.07, 6.45) is 0. The second-order valence-corrected chi connectivity index (χ2v) is 7.45. The van der Waals surface area contributed by atoms with E-state index < -0.39 is 0 Å². The van der Waals surface area contributed by atoms with Crippen LogP contribution in [0.5, 0.6) is 0 Å². The lowest BCUT2D eigenvalue weighted by molar-refractivity contribution is 0.167. The fraction of sp³-hybridized carbons (Fsp3) is 0.200. The van der Waals surface area contributed by atoms with E-state index in [1.54, 1.807) is 23.8 Å². The predicted octanol–water partition coefficient (Wildman–Crippen LogP) is 4.85. The van der Waals surface area contributed by atoms with Gasteiger partial charge in [0.1, 0.15) is 11.6 Å². The summed E-state index contributed by atoms with van der Waals surface area (Å²) in [6.45, 7) is 2.19. The highest BCUT2D eigenvalue weighted by Gasteiger charge is 2.20. The van der Waals surface area contributed by atoms with E-state index in [1.807, 2.05) is 67.4 Å². The molecule has 4 aromatic rings. The van der Waals surface area contributed by atoms with Crippen LogP contribution in [0.4, 0.5) is 15.8 Å². The standard InChI is InChI=1S/C25H24FN3O2/c1-17-27-23-14-13-21(28(2)20-11-9-19(26)10-12-20)15-22(23)25(30)29(17)24(16-31-3)18-7-5-4-6-8-18/h4-15,24H,16H2,1-3H3. The molecule has 0 amide bonds. The van der Waals surface area contributed by atoms with Gasteiger partial charge in [-0.3, -0.25) is 9.36 Å². The number of hydrogen-bond donors (Lipinski definition) is 0. The maximum atomic E-state index is 13.6. The quantitative estimate of drug-likeness (QED) is 0.450. The monoisotopic (exact) mass is 417 g/mol. The summed E-state index contributed by atoms with van der Waals surface area (Å²) >= 11 is 0. The molecule has 0 fully saturated rings. The van der Waals surface area contributed by atoms with Crippen molar-refractivity contribution in [3.63, 3.8) is 0 Å². The number of nitrogens with zero attached hydrogens (tertiary/aromatic N) is 3. The average Bonchev–Trinajstić information content (AvgIpc) is 2.79. The highest BCUT2D eigenvalue weighted by atomic mass is 19.1. The minimum Gasteiger partial charge on any atom is -0.382 e. The lowest BCUT2D eigenvalue weighted by Crippen LogP contribution is -2.31. The van der Waals surface area contributed by atoms with E-state index in [1.165, 1.54) is 12.1 Å². The minimum absolute atomic E-state index is 0.122. The summed E-state index contributed by atoms with van der Waals surface area (Å²) in [5, 5.41) is 0.522. The lowest BCUT2D eigenvalue weighted by Gasteiger charge is -2.23. The first-order valence-corrected chi connectivity index (χ1v) is 10.1. The van der Waals surface area contributed by atoms with Crippen LogP contribution in [0.3, 0.4) is 0 Å². The zero-order valence-electron chi connectivity index (χ0n) is 17.7. The number of aryl methyl sites for hydroxylation is 1. The fourth-order valence-corrected chi connectivity index (χ4v) is 3.84. The fourth-order valence-electron chi connectivity index (χ4n) is 3.84. The lowest BCUT2D eigenvalue weighted by atomic mass is 10.1. The normalized spacial score (nSPS) is 12.1. The van der Waals surface area contributed by atoms with E-state index in [2.05, 4.69) is 4.98 Å². The van der Waals surface area contributed by atoms with Gasteiger partial charge in [-0.15, -0.1) is 0 Å². The number of anilines is 2. The molecule has 0 radical (unpaired) electrons. The van der Waals surface area contributed by atoms with Gasteiger partial charge < -0.3 is 9.64 Å². The molecule has 1 aromatic heterocycles. The van der Waals surface area contributed by atoms with E-state index in [0.717, 1.165) is 16.9 Å². The Morgan fingerprint density at radius 1 is 1.03 bits per heavy atom. The van der Waals surface area contributed by atoms with Crippen molar-refractivity contribution in [1.29, 1.82) is 0 Å². The molecule has 0 saturated carbocycles. The van der Waals surface area contributed by atoms with Gasteiger partial charge in [-0.25, -0.2) is 9.37 Å². The second-order valence-electron chi connectivity index (χ2n) is 7.45. The Balaban J connectivity index is 1.84. The third-order valence-electron chi connectivity index (χ3n) is 5.48. The second kappa shape index (κ2) is 8.70. The van der Waals surface area contributed by atoms with Gasteiger partial charge in [-0.2, -0.15) is 0 Å². The van der Waals surface area contributed by atoms with Gasteiger partial charge in [0.25, 0.3) is 5.56 Å². The molecular formula is C25H24FN3O2. The Hall–Kier alpha value is -3.51. The summed E-state index contributed by atoms with van der Waals surface area (Å²) < 4.78 is 20.4. The Morgan fingerprint density at radius 2 is 1.71 bits per heavy atom. The first kappa shape index (κ1) is 20.8. The molecule has 1 unspecified atom stereocenters. The van der Waals surface area contributed by atoms with Gasteiger partial charge in [0.05, 0.1) is 23.6 Å². The Kier molecular flexibility index (Phi) is 5.82. The largest absolute Gasteiger partial charge is 0.382 e. The summed E-state index contributed by atoms with van der Waals surface area (Å²) in [4.78, 5) is 20.2. The van der Waals surface area contributed by atoms with Crippen LogP contribution in [0.1, 0.15) is 17.4 Å². The number of ether oxygens (including phenoxy) is 1. The van der Waals surface area contributed by atoms with Gasteiger partial charge in [0.15, 0.2) is 0 Å². The SMILES string of the molecule is COCC(c1ccccc1)n1c(C)nc2ccc(N(C)c3ccc(F)cc3)cc2c1=O. The first-order valence-electron chi connectivity index (χ1n) is 10.1. The van der Waals surface area contributed by atoms with Crippen molar-refractivity contribution in [3.05, 3.63) is 100 Å². The van der Waals surface area contributed by atoms with E-state index in [0.29, 0.717) is 23.3 Å². The molecule has 158 valence electrons. The van der Waals surface area contributed by atoms with Gasteiger partial charge in [-0.1, -0.05) is 30.3 Å². The number of aromatic nitrogens is 2. The molecule has 5 nitrogen and oxygen atoms in total. The minimum atomic E-state index is -0.289. The molecule has 4 rings (SSSR count). The molecule has 0 spiro atoms. The molecule has 0 aliphatic rings. The molecule has 31 heavy (non-hydrogen) atoms. The highest BCUT2D eigenvalue weighted by Crippen LogP contribution is 2.27. The van der Waals surface area contributed by atoms with Gasteiger partial charge in [-0.05, 0) is 55.0 Å². The highest BCUT2D eigenvalue weighted by molar-refractivity contribution is 5.83. The van der Waals surface area contributed by atoms with Crippen LogP contribution in [0, 0.1) is 12.7 Å². The molecule has 1 atom stereocenters. The maximum Gasteiger partial charge on any atom is 0.262 e. The predicted molar refractivity (Wildman–Crippen MR) is 122 cm³/mol. The summed E-state index contributed by atoms with van der Waals surface area (Å²) in [5.41, 5.74) is 3.14. The zero-order valence-corrected chi connectivity index (χ0v) is 17.7. The average molecular weight is 417 g/mol. The Bertz CT molecular complexity index is 1250. The molecule has 0 aliphatic heterocycles. The van der Waals surface area contributed by atoms with Crippen LogP contribution in [0.25, 0.3) is 10.9 Å². The van der Waals surface area contributed by atoms with Crippen molar-refractivity contribution in [1.82, 2.24) is 9.55 Å². The maximum absolute atomic E-state index is 13.6. The van der Waals surface area contributed by atoms with Gasteiger partial charge >= 0.3 is 0 Å². The van der Waals surface area contributed by atoms with Crippen molar-refractivity contribution in [2.45, 2.75) is 13.0 Å². The number of hydrogen-bond acceptors (Lipinski definition) is 4. The molecule has 0 N–H and O–H groups in total. The topological polar surface area (TPSA) is 47.4 Å². The van der Waals surface area contributed by atoms with Crippen molar-refractivity contribution in [2.24, 2.45) is 0 Å². The van der Waals surface area contributed by atoms with Crippen LogP contribution in [0.2, 0.25) is 0 Å². The Morgan fingerprint density at radius 3 is 2.39 bits per heavy atom. The third kappa shape index (κ3) is 4.07. The van der Waals surface area contributed by atoms with Crippen LogP contribution >= 0.6 is 0 Å². The van der Waals surface area contributed by atoms with Crippen LogP contribution in [0.15, 0.2) is 77.6 Å². The van der Waals surface area contributed by atoms with E-state index in [4.69, 9.17) is 4.74 Å². The van der Waals surface area contributed by atoms with Crippen molar-refractivity contribution >= 4 is 22.3 Å². The van der Waals surface area contributed by atoms with E-state index >= 15 is 0 Å². The van der Waals surface area contributed by atoms with Gasteiger partial charge in [0, 0.05) is 25.5 Å². The molecule has 6 heteroatoms. The van der Waals surface area contributed by atoms with Crippen molar-refractivity contribution < 1.29 is 9.13 Å². The van der Waals surface area contributed by atoms with Crippen molar-refractivity contribution in [2.75, 3.05) is 25.7 Å². The van der Waals surface area contributed by atoms with Gasteiger partial charge in [0.2, 0.25) is 0 Å². The Labute approximate surface area is 180 Å². The number of benzene rings is 3. The number of fused-ring (bicyclic) bond motifs is 1. The molecule has 0 bridgehead atoms. The van der Waals surface area contributed by atoms with E-state index in [-0.39, 0.29) is 17.4 Å². The number of rotatable bonds is 6. The summed E-state index contributed by atoms with van der Waals surface area (Å²) in [7, 11) is 3.51. The zero-order chi connectivity index (χ0) is 22.0. The molecular weight excluding hydrogens is 393 g/mol. The van der Waals surface area contributed by atoms with E-state index in [9.17, 15) is 9.18 Å². The smallest absolute Gasteiger partial charge is 0.262 e. The summed E-state index contributed by atoms with van der Waals surface area (Å²) in [5.74, 6) is 0.339. The third-order valence-corrected chi connectivity index (χ3v) is 5.48. The van der Waals surface area contributed by atoms with Crippen LogP contribution in [-0.4, -0.2) is 30.3 Å². The first-order chi connectivity index (χ1) is 15.0. The number of methoxy groups -OCH3 is 1. The van der Waals surface area contributed by atoms with Crippen LogP contribution < -0.4 is 10.5 Å². The molecule has 0 saturated heterocycles. The van der Waals surface area contributed by atoms with Crippen molar-refractivity contribution in [3.8, 4) is 0 Å². The molecule has 3 aromatic carbocycles. The molecule has 0 aliphatic carbocycles. The van der Waals surface area contributed by atoms with Crippen LogP contribution in [-0.2, 0) is 4.74 Å².